The summed E-state index contributed by atoms with van der Waals surface area (Å²) < 4.78 is 7.47. The molecule has 152 valence electrons. The molecule has 0 saturated heterocycles. The minimum absolute atomic E-state index is 0.0681. The summed E-state index contributed by atoms with van der Waals surface area (Å²) in [6.45, 7) is 2.63. The Morgan fingerprint density at radius 3 is 2.67 bits per heavy atom. The summed E-state index contributed by atoms with van der Waals surface area (Å²) in [5.74, 6) is 1.84. The monoisotopic (exact) mass is 418 g/mol. The minimum Gasteiger partial charge on any atom is -0.467 e. The molecule has 6 nitrogen and oxygen atoms in total. The Hall–Kier alpha value is -3.19. The highest BCUT2D eigenvalue weighted by Crippen LogP contribution is 2.25. The molecule has 3 heterocycles. The molecule has 0 spiro atoms. The van der Waals surface area contributed by atoms with Gasteiger partial charge in [-0.1, -0.05) is 49.4 Å². The Labute approximate surface area is 179 Å². The van der Waals surface area contributed by atoms with Gasteiger partial charge in [0.05, 0.1) is 18.6 Å². The molecule has 0 aliphatic carbocycles. The number of hydrogen-bond acceptors (Lipinski definition) is 6. The molecule has 4 rings (SSSR count). The first-order valence-corrected chi connectivity index (χ1v) is 10.8. The Morgan fingerprint density at radius 2 is 1.97 bits per heavy atom. The second-order valence-corrected chi connectivity index (χ2v) is 7.81. The second kappa shape index (κ2) is 9.54. The van der Waals surface area contributed by atoms with Gasteiger partial charge in [-0.05, 0) is 36.2 Å². The molecule has 3 aromatic heterocycles. The Balaban J connectivity index is 1.53. The highest BCUT2D eigenvalue weighted by Gasteiger charge is 2.17. The molecule has 0 aliphatic heterocycles. The van der Waals surface area contributed by atoms with Crippen LogP contribution in [0.4, 0.5) is 0 Å². The molecule has 0 bridgehead atoms. The van der Waals surface area contributed by atoms with Crippen LogP contribution in [0.2, 0.25) is 0 Å². The van der Waals surface area contributed by atoms with Crippen molar-refractivity contribution in [1.29, 1.82) is 0 Å². The summed E-state index contributed by atoms with van der Waals surface area (Å²) in [6, 6.07) is 15.4. The standard InChI is InChI=1S/C23H22N4O2S/c1-2-5-17-8-10-18(11-9-17)21(28)16-30-23-26-25-22(19-6-3-12-24-14-19)27(23)15-20-7-4-13-29-20/h3-4,6-14H,2,5,15-16H2,1H3. The van der Waals surface area contributed by atoms with E-state index in [0.717, 1.165) is 24.2 Å². The van der Waals surface area contributed by atoms with Crippen LogP contribution in [0.5, 0.6) is 0 Å². The topological polar surface area (TPSA) is 73.8 Å². The molecule has 0 fully saturated rings. The van der Waals surface area contributed by atoms with Gasteiger partial charge in [0, 0.05) is 23.5 Å². The average Bonchev–Trinajstić information content (AvgIpc) is 3.44. The normalized spacial score (nSPS) is 11.0. The minimum atomic E-state index is 0.0681. The molecule has 7 heteroatoms. The zero-order valence-corrected chi connectivity index (χ0v) is 17.5. The van der Waals surface area contributed by atoms with E-state index < -0.39 is 0 Å². The fourth-order valence-corrected chi connectivity index (χ4v) is 4.00. The number of thioether (sulfide) groups is 1. The van der Waals surface area contributed by atoms with E-state index in [1.807, 2.05) is 53.1 Å². The number of pyridine rings is 1. The van der Waals surface area contributed by atoms with Gasteiger partial charge in [0.15, 0.2) is 16.8 Å². The maximum atomic E-state index is 12.7. The van der Waals surface area contributed by atoms with Crippen molar-refractivity contribution in [2.75, 3.05) is 5.75 Å². The van der Waals surface area contributed by atoms with Gasteiger partial charge in [0.2, 0.25) is 0 Å². The van der Waals surface area contributed by atoms with Crippen LogP contribution >= 0.6 is 11.8 Å². The largest absolute Gasteiger partial charge is 0.467 e. The maximum Gasteiger partial charge on any atom is 0.192 e. The van der Waals surface area contributed by atoms with Crippen molar-refractivity contribution in [2.24, 2.45) is 0 Å². The summed E-state index contributed by atoms with van der Waals surface area (Å²) in [5.41, 5.74) is 2.83. The van der Waals surface area contributed by atoms with Gasteiger partial charge < -0.3 is 4.42 Å². The number of ketones is 1. The van der Waals surface area contributed by atoms with Crippen LogP contribution < -0.4 is 0 Å². The van der Waals surface area contributed by atoms with Crippen molar-refractivity contribution in [3.05, 3.63) is 84.1 Å². The van der Waals surface area contributed by atoms with E-state index in [4.69, 9.17) is 4.42 Å². The fraction of sp³-hybridized carbons (Fsp3) is 0.217. The lowest BCUT2D eigenvalue weighted by atomic mass is 10.1. The predicted molar refractivity (Wildman–Crippen MR) is 117 cm³/mol. The van der Waals surface area contributed by atoms with E-state index in [2.05, 4.69) is 22.1 Å². The van der Waals surface area contributed by atoms with E-state index in [-0.39, 0.29) is 11.5 Å². The smallest absolute Gasteiger partial charge is 0.192 e. The zero-order valence-electron chi connectivity index (χ0n) is 16.7. The molecule has 0 saturated carbocycles. The molecule has 0 unspecified atom stereocenters. The van der Waals surface area contributed by atoms with Crippen molar-refractivity contribution < 1.29 is 9.21 Å². The van der Waals surface area contributed by atoms with Gasteiger partial charge in [-0.3, -0.25) is 14.3 Å². The zero-order chi connectivity index (χ0) is 20.8. The van der Waals surface area contributed by atoms with Gasteiger partial charge in [-0.2, -0.15) is 0 Å². The number of benzene rings is 1. The van der Waals surface area contributed by atoms with E-state index in [1.54, 1.807) is 18.7 Å². The molecular weight excluding hydrogens is 396 g/mol. The summed E-state index contributed by atoms with van der Waals surface area (Å²) >= 11 is 1.38. The fourth-order valence-electron chi connectivity index (χ4n) is 3.16. The van der Waals surface area contributed by atoms with Gasteiger partial charge in [0.25, 0.3) is 0 Å². The number of rotatable bonds is 9. The van der Waals surface area contributed by atoms with Crippen LogP contribution in [0.1, 0.15) is 35.0 Å². The predicted octanol–water partition coefficient (Wildman–Crippen LogP) is 4.91. The first-order valence-electron chi connectivity index (χ1n) is 9.85. The first kappa shape index (κ1) is 20.1. The summed E-state index contributed by atoms with van der Waals surface area (Å²) in [7, 11) is 0. The van der Waals surface area contributed by atoms with Gasteiger partial charge in [-0.15, -0.1) is 10.2 Å². The third-order valence-electron chi connectivity index (χ3n) is 4.68. The van der Waals surface area contributed by atoms with Crippen molar-refractivity contribution in [2.45, 2.75) is 31.5 Å². The van der Waals surface area contributed by atoms with Crippen molar-refractivity contribution in [3.63, 3.8) is 0 Å². The van der Waals surface area contributed by atoms with Crippen LogP contribution in [0, 0.1) is 0 Å². The van der Waals surface area contributed by atoms with E-state index in [9.17, 15) is 4.79 Å². The number of furan rings is 1. The van der Waals surface area contributed by atoms with Gasteiger partial charge >= 0.3 is 0 Å². The lowest BCUT2D eigenvalue weighted by molar-refractivity contribution is 0.102. The molecule has 0 amide bonds. The second-order valence-electron chi connectivity index (χ2n) is 6.87. The number of nitrogens with zero attached hydrogens (tertiary/aromatic N) is 4. The number of hydrogen-bond donors (Lipinski definition) is 0. The number of aryl methyl sites for hydroxylation is 1. The third kappa shape index (κ3) is 4.68. The molecular formula is C23H22N4O2S. The molecule has 30 heavy (non-hydrogen) atoms. The SMILES string of the molecule is CCCc1ccc(C(=O)CSc2nnc(-c3cccnc3)n2Cc2ccco2)cc1. The lowest BCUT2D eigenvalue weighted by Gasteiger charge is -2.08. The van der Waals surface area contributed by atoms with Crippen molar-refractivity contribution >= 4 is 17.5 Å². The summed E-state index contributed by atoms with van der Waals surface area (Å²) in [4.78, 5) is 16.9. The molecule has 0 radical (unpaired) electrons. The number of Topliss-reactive ketones (excluding diaryl/α,β-unsaturated/α-hetero) is 1. The molecule has 0 atom stereocenters. The number of aromatic nitrogens is 4. The van der Waals surface area contributed by atoms with E-state index in [1.165, 1.54) is 17.3 Å². The maximum absolute atomic E-state index is 12.7. The van der Waals surface area contributed by atoms with Gasteiger partial charge in [0.1, 0.15) is 5.76 Å². The first-order chi connectivity index (χ1) is 14.7. The average molecular weight is 419 g/mol. The van der Waals surface area contributed by atoms with Gasteiger partial charge in [-0.25, -0.2) is 0 Å². The highest BCUT2D eigenvalue weighted by molar-refractivity contribution is 7.99. The Bertz CT molecular complexity index is 1090. The van der Waals surface area contributed by atoms with E-state index >= 15 is 0 Å². The summed E-state index contributed by atoms with van der Waals surface area (Å²) in [6.07, 6.45) is 7.23. The molecule has 1 aromatic carbocycles. The Morgan fingerprint density at radius 1 is 1.10 bits per heavy atom. The quantitative estimate of drug-likeness (QED) is 0.284. The van der Waals surface area contributed by atoms with Crippen LogP contribution in [-0.4, -0.2) is 31.3 Å². The molecule has 0 aliphatic rings. The van der Waals surface area contributed by atoms with E-state index in [0.29, 0.717) is 23.1 Å². The van der Waals surface area contributed by atoms with Crippen LogP contribution in [-0.2, 0) is 13.0 Å². The van der Waals surface area contributed by atoms with Crippen LogP contribution in [0.15, 0.2) is 76.8 Å². The Kier molecular flexibility index (Phi) is 6.39. The molecule has 4 aromatic rings. The lowest BCUT2D eigenvalue weighted by Crippen LogP contribution is -2.07. The molecule has 0 N–H and O–H groups in total. The highest BCUT2D eigenvalue weighted by atomic mass is 32.2. The van der Waals surface area contributed by atoms with Crippen molar-refractivity contribution in [3.8, 4) is 11.4 Å². The van der Waals surface area contributed by atoms with Crippen molar-refractivity contribution in [1.82, 2.24) is 19.7 Å². The summed E-state index contributed by atoms with van der Waals surface area (Å²) in [5, 5.41) is 9.35. The number of carbonyl (C=O) groups excluding carboxylic acids is 1. The third-order valence-corrected chi connectivity index (χ3v) is 5.64. The number of carbonyl (C=O) groups is 1. The van der Waals surface area contributed by atoms with Crippen LogP contribution in [0.25, 0.3) is 11.4 Å². The van der Waals surface area contributed by atoms with Crippen LogP contribution in [0.3, 0.4) is 0 Å².